The molecule has 6 nitrogen and oxygen atoms in total. The van der Waals surface area contributed by atoms with Crippen molar-refractivity contribution in [3.05, 3.63) is 10.1 Å². The lowest BCUT2D eigenvalue weighted by molar-refractivity contribution is -0.492. The maximum atomic E-state index is 9.93. The first-order chi connectivity index (χ1) is 4.09. The molecule has 0 heterocycles. The normalized spacial score (nSPS) is 11.4. The fraction of sp³-hybridized carbons (Fsp3) is 0.333. The molecular formula is C3H3N3O3. The van der Waals surface area contributed by atoms with Crippen molar-refractivity contribution in [2.24, 2.45) is 5.73 Å². The largest absolute Gasteiger partial charge is 0.372 e. The molecular weight excluding hydrogens is 126 g/mol. The Morgan fingerprint density at radius 2 is 2.33 bits per heavy atom. The molecule has 48 valence electrons. The van der Waals surface area contributed by atoms with Gasteiger partial charge in [0.15, 0.2) is 6.07 Å². The van der Waals surface area contributed by atoms with Gasteiger partial charge in [0.05, 0.1) is 0 Å². The Kier molecular flexibility index (Phi) is 2.14. The quantitative estimate of drug-likeness (QED) is 0.366. The molecule has 0 aromatic heterocycles. The van der Waals surface area contributed by atoms with Gasteiger partial charge in [0.1, 0.15) is 0 Å². The molecule has 0 saturated heterocycles. The third kappa shape index (κ3) is 1.73. The number of carbonyl (C=O) groups excluding carboxylic acids is 1. The summed E-state index contributed by atoms with van der Waals surface area (Å²) in [6, 6.07) is -0.785. The molecule has 0 aliphatic heterocycles. The van der Waals surface area contributed by atoms with E-state index in [-0.39, 0.29) is 0 Å². The first-order valence-corrected chi connectivity index (χ1v) is 1.92. The van der Waals surface area contributed by atoms with Crippen LogP contribution in [-0.4, -0.2) is 16.9 Å². The lowest BCUT2D eigenvalue weighted by Gasteiger charge is -1.91. The van der Waals surface area contributed by atoms with Crippen LogP contribution in [0.25, 0.3) is 0 Å². The van der Waals surface area contributed by atoms with Crippen LogP contribution in [0, 0.1) is 21.4 Å². The summed E-state index contributed by atoms with van der Waals surface area (Å²) < 4.78 is 0. The van der Waals surface area contributed by atoms with E-state index >= 15 is 0 Å². The van der Waals surface area contributed by atoms with Crippen LogP contribution in [-0.2, 0) is 4.79 Å². The van der Waals surface area contributed by atoms with Gasteiger partial charge in [-0.25, -0.2) is 0 Å². The van der Waals surface area contributed by atoms with E-state index in [4.69, 9.17) is 5.26 Å². The molecule has 0 fully saturated rings. The van der Waals surface area contributed by atoms with E-state index in [2.05, 4.69) is 5.73 Å². The number of rotatable bonds is 2. The fourth-order valence-electron chi connectivity index (χ4n) is 0.215. The second-order valence-corrected chi connectivity index (χ2v) is 1.22. The average Bonchev–Trinajstić information content (AvgIpc) is 1.64. The van der Waals surface area contributed by atoms with Gasteiger partial charge in [-0.3, -0.25) is 14.9 Å². The van der Waals surface area contributed by atoms with Gasteiger partial charge in [0.2, 0.25) is 0 Å². The second kappa shape index (κ2) is 2.61. The highest BCUT2D eigenvalue weighted by Crippen LogP contribution is 1.83. The molecule has 0 aromatic carbocycles. The van der Waals surface area contributed by atoms with Gasteiger partial charge in [-0.05, 0) is 0 Å². The standard InChI is InChI=1S/C3H3N3O3/c4-1-2(3(5)7)6(8)9/h2H,(H2,5,7). The zero-order valence-electron chi connectivity index (χ0n) is 4.27. The number of hydrogen-bond donors (Lipinski definition) is 1. The minimum absolute atomic E-state index is 1.04. The summed E-state index contributed by atoms with van der Waals surface area (Å²) >= 11 is 0. The Bertz CT molecular complexity index is 167. The maximum absolute atomic E-state index is 9.93. The van der Waals surface area contributed by atoms with Gasteiger partial charge >= 0.3 is 11.9 Å². The van der Waals surface area contributed by atoms with Gasteiger partial charge in [-0.15, -0.1) is 0 Å². The van der Waals surface area contributed by atoms with Gasteiger partial charge in [-0.2, -0.15) is 5.26 Å². The molecule has 0 radical (unpaired) electrons. The van der Waals surface area contributed by atoms with Crippen molar-refractivity contribution in [2.45, 2.75) is 6.04 Å². The summed E-state index contributed by atoms with van der Waals surface area (Å²) in [6.45, 7) is 0. The summed E-state index contributed by atoms with van der Waals surface area (Å²) in [5.74, 6) is -1.23. The van der Waals surface area contributed by atoms with Gasteiger partial charge in [0, 0.05) is 4.92 Å². The van der Waals surface area contributed by atoms with Gasteiger partial charge in [-0.1, -0.05) is 0 Å². The van der Waals surface area contributed by atoms with Crippen molar-refractivity contribution in [2.75, 3.05) is 0 Å². The highest BCUT2D eigenvalue weighted by Gasteiger charge is 2.25. The van der Waals surface area contributed by atoms with Crippen LogP contribution in [0.2, 0.25) is 0 Å². The Labute approximate surface area is 50.0 Å². The molecule has 0 aliphatic rings. The fourth-order valence-corrected chi connectivity index (χ4v) is 0.215. The summed E-state index contributed by atoms with van der Waals surface area (Å²) in [4.78, 5) is 18.5. The van der Waals surface area contributed by atoms with Crippen LogP contribution in [0.1, 0.15) is 0 Å². The second-order valence-electron chi connectivity index (χ2n) is 1.22. The number of primary amides is 1. The Morgan fingerprint density at radius 1 is 1.89 bits per heavy atom. The van der Waals surface area contributed by atoms with Crippen molar-refractivity contribution >= 4 is 5.91 Å². The van der Waals surface area contributed by atoms with E-state index in [1.807, 2.05) is 0 Å². The van der Waals surface area contributed by atoms with Gasteiger partial charge < -0.3 is 5.73 Å². The predicted molar refractivity (Wildman–Crippen MR) is 25.6 cm³/mol. The molecule has 1 atom stereocenters. The number of amides is 1. The maximum Gasteiger partial charge on any atom is 0.372 e. The summed E-state index contributed by atoms with van der Waals surface area (Å²) in [5, 5.41) is 17.5. The molecule has 6 heteroatoms. The third-order valence-electron chi connectivity index (χ3n) is 0.603. The number of hydrogen-bond acceptors (Lipinski definition) is 4. The van der Waals surface area contributed by atoms with E-state index in [0.717, 1.165) is 6.07 Å². The minimum Gasteiger partial charge on any atom is -0.363 e. The minimum atomic E-state index is -1.91. The summed E-state index contributed by atoms with van der Waals surface area (Å²) in [5.41, 5.74) is 4.45. The predicted octanol–water partition coefficient (Wildman–Crippen LogP) is -1.36. The molecule has 0 spiro atoms. The van der Waals surface area contributed by atoms with Gasteiger partial charge in [0.25, 0.3) is 0 Å². The summed E-state index contributed by atoms with van der Waals surface area (Å²) in [6.07, 6.45) is 0. The van der Waals surface area contributed by atoms with Crippen LogP contribution in [0.15, 0.2) is 0 Å². The monoisotopic (exact) mass is 129 g/mol. The van der Waals surface area contributed by atoms with Crippen molar-refractivity contribution in [1.29, 1.82) is 5.26 Å². The average molecular weight is 129 g/mol. The third-order valence-corrected chi connectivity index (χ3v) is 0.603. The Balaban J connectivity index is 4.22. The number of nitrogens with two attached hydrogens (primary N) is 1. The first-order valence-electron chi connectivity index (χ1n) is 1.92. The molecule has 0 aromatic rings. The molecule has 9 heavy (non-hydrogen) atoms. The molecule has 0 aliphatic carbocycles. The molecule has 2 N–H and O–H groups in total. The van der Waals surface area contributed by atoms with E-state index in [9.17, 15) is 14.9 Å². The lowest BCUT2D eigenvalue weighted by atomic mass is 10.3. The lowest BCUT2D eigenvalue weighted by Crippen LogP contribution is -2.33. The molecule has 1 unspecified atom stereocenters. The van der Waals surface area contributed by atoms with E-state index < -0.39 is 16.9 Å². The van der Waals surface area contributed by atoms with E-state index in [1.54, 1.807) is 0 Å². The highest BCUT2D eigenvalue weighted by atomic mass is 16.6. The van der Waals surface area contributed by atoms with Crippen molar-refractivity contribution in [1.82, 2.24) is 0 Å². The van der Waals surface area contributed by atoms with Crippen LogP contribution >= 0.6 is 0 Å². The van der Waals surface area contributed by atoms with E-state index in [0.29, 0.717) is 0 Å². The molecule has 1 amide bonds. The number of carbonyl (C=O) groups is 1. The van der Waals surface area contributed by atoms with Crippen molar-refractivity contribution in [3.8, 4) is 6.07 Å². The van der Waals surface area contributed by atoms with E-state index in [1.165, 1.54) is 0 Å². The topological polar surface area (TPSA) is 110 Å². The summed E-state index contributed by atoms with van der Waals surface area (Å²) in [7, 11) is 0. The molecule has 0 saturated carbocycles. The molecule has 0 rings (SSSR count). The van der Waals surface area contributed by atoms with Crippen LogP contribution in [0.5, 0.6) is 0 Å². The van der Waals surface area contributed by atoms with Crippen LogP contribution in [0.3, 0.4) is 0 Å². The smallest absolute Gasteiger partial charge is 0.363 e. The Hall–Kier alpha value is -1.64. The number of nitriles is 1. The molecule has 0 bridgehead atoms. The SMILES string of the molecule is N#CC(C(N)=O)[N+](=O)[O-]. The number of nitrogens with zero attached hydrogens (tertiary/aromatic N) is 2. The first kappa shape index (κ1) is 7.36. The van der Waals surface area contributed by atoms with Crippen LogP contribution < -0.4 is 5.73 Å². The highest BCUT2D eigenvalue weighted by molar-refractivity contribution is 5.81. The Morgan fingerprint density at radius 3 is 2.33 bits per heavy atom. The zero-order valence-corrected chi connectivity index (χ0v) is 4.27. The zero-order chi connectivity index (χ0) is 7.44. The number of nitro groups is 1. The van der Waals surface area contributed by atoms with Crippen molar-refractivity contribution < 1.29 is 9.72 Å². The van der Waals surface area contributed by atoms with Crippen molar-refractivity contribution in [3.63, 3.8) is 0 Å². The van der Waals surface area contributed by atoms with Crippen LogP contribution in [0.4, 0.5) is 0 Å².